The molecular weight excluding hydrogens is 278 g/mol. The predicted molar refractivity (Wildman–Crippen MR) is 93.1 cm³/mol. The van der Waals surface area contributed by atoms with Gasteiger partial charge in [-0.1, -0.05) is 34.6 Å². The zero-order valence-electron chi connectivity index (χ0n) is 14.3. The van der Waals surface area contributed by atoms with Crippen molar-refractivity contribution in [1.82, 2.24) is 10.3 Å². The highest BCUT2D eigenvalue weighted by Gasteiger charge is 2.27. The fraction of sp³-hybridized carbons (Fsp3) is 0.824. The van der Waals surface area contributed by atoms with Gasteiger partial charge in [0, 0.05) is 31.1 Å². The molecule has 120 valence electrons. The quantitative estimate of drug-likeness (QED) is 0.899. The summed E-state index contributed by atoms with van der Waals surface area (Å²) in [5.41, 5.74) is 1.62. The van der Waals surface area contributed by atoms with Gasteiger partial charge in [-0.25, -0.2) is 4.98 Å². The highest BCUT2D eigenvalue weighted by molar-refractivity contribution is 7.13. The summed E-state index contributed by atoms with van der Waals surface area (Å²) in [5.74, 6) is 0.838. The Morgan fingerprint density at radius 3 is 2.76 bits per heavy atom. The number of nitrogens with one attached hydrogen (secondary N) is 1. The predicted octanol–water partition coefficient (Wildman–Crippen LogP) is 4.29. The van der Waals surface area contributed by atoms with E-state index in [1.165, 1.54) is 30.1 Å². The van der Waals surface area contributed by atoms with Crippen molar-refractivity contribution in [3.05, 3.63) is 11.1 Å². The van der Waals surface area contributed by atoms with Gasteiger partial charge in [-0.3, -0.25) is 0 Å². The number of nitrogens with zero attached hydrogens (tertiary/aromatic N) is 2. The first-order valence-corrected chi connectivity index (χ1v) is 9.17. The largest absolute Gasteiger partial charge is 0.348 e. The number of rotatable bonds is 4. The number of hydrogen-bond donors (Lipinski definition) is 1. The molecule has 1 saturated heterocycles. The molecule has 0 saturated carbocycles. The summed E-state index contributed by atoms with van der Waals surface area (Å²) in [7, 11) is 0. The van der Waals surface area contributed by atoms with Crippen LogP contribution in [0.1, 0.15) is 59.6 Å². The number of hydrogen-bond acceptors (Lipinski definition) is 4. The average molecular weight is 310 g/mol. The van der Waals surface area contributed by atoms with Crippen molar-refractivity contribution in [2.24, 2.45) is 11.3 Å². The van der Waals surface area contributed by atoms with E-state index in [1.54, 1.807) is 11.3 Å². The average Bonchev–Trinajstić information content (AvgIpc) is 2.70. The van der Waals surface area contributed by atoms with Gasteiger partial charge in [0.2, 0.25) is 0 Å². The topological polar surface area (TPSA) is 28.2 Å². The molecule has 1 atom stereocenters. The van der Waals surface area contributed by atoms with Crippen LogP contribution in [0.2, 0.25) is 0 Å². The zero-order chi connectivity index (χ0) is 15.5. The fourth-order valence-electron chi connectivity index (χ4n) is 2.99. The van der Waals surface area contributed by atoms with Crippen LogP contribution in [0.15, 0.2) is 5.38 Å². The summed E-state index contributed by atoms with van der Waals surface area (Å²) in [5, 5.41) is 6.86. The van der Waals surface area contributed by atoms with Crippen LogP contribution in [0.25, 0.3) is 0 Å². The van der Waals surface area contributed by atoms with Crippen LogP contribution in [0, 0.1) is 11.3 Å². The summed E-state index contributed by atoms with van der Waals surface area (Å²) in [6.07, 6.45) is 3.94. The number of thiazole rings is 1. The van der Waals surface area contributed by atoms with Crippen molar-refractivity contribution in [3.8, 4) is 0 Å². The first-order valence-electron chi connectivity index (χ1n) is 8.29. The van der Waals surface area contributed by atoms with Gasteiger partial charge in [0.25, 0.3) is 0 Å². The second kappa shape index (κ2) is 7.10. The monoisotopic (exact) mass is 309 g/mol. The summed E-state index contributed by atoms with van der Waals surface area (Å²) in [4.78, 5) is 7.31. The van der Waals surface area contributed by atoms with Crippen molar-refractivity contribution in [1.29, 1.82) is 0 Å². The summed E-state index contributed by atoms with van der Waals surface area (Å²) < 4.78 is 0. The second-order valence-electron chi connectivity index (χ2n) is 7.64. The van der Waals surface area contributed by atoms with E-state index in [9.17, 15) is 0 Å². The van der Waals surface area contributed by atoms with Gasteiger partial charge in [0.1, 0.15) is 0 Å². The summed E-state index contributed by atoms with van der Waals surface area (Å²) >= 11 is 1.80. The molecule has 1 aromatic heterocycles. The van der Waals surface area contributed by atoms with Crippen LogP contribution in [0.5, 0.6) is 0 Å². The summed E-state index contributed by atoms with van der Waals surface area (Å²) in [6.45, 7) is 14.7. The Morgan fingerprint density at radius 2 is 2.10 bits per heavy atom. The molecule has 1 N–H and O–H groups in total. The third-order valence-corrected chi connectivity index (χ3v) is 5.40. The third kappa shape index (κ3) is 4.96. The standard InChI is InChI=1S/C17H31N3S/c1-13(2)18-11-15-12-21-16(19-15)20-9-6-7-14(8-10-20)17(3,4)5/h12-14,18H,6-11H2,1-5H3. The van der Waals surface area contributed by atoms with E-state index < -0.39 is 0 Å². The van der Waals surface area contributed by atoms with E-state index in [0.717, 1.165) is 25.6 Å². The molecule has 2 heterocycles. The minimum absolute atomic E-state index is 0.436. The lowest BCUT2D eigenvalue weighted by Gasteiger charge is -2.29. The lowest BCUT2D eigenvalue weighted by molar-refractivity contribution is 0.220. The maximum absolute atomic E-state index is 4.82. The van der Waals surface area contributed by atoms with Gasteiger partial charge in [-0.2, -0.15) is 0 Å². The normalized spacial score (nSPS) is 20.9. The maximum atomic E-state index is 4.82. The first-order chi connectivity index (χ1) is 9.86. The van der Waals surface area contributed by atoms with Crippen LogP contribution in [-0.4, -0.2) is 24.1 Å². The Balaban J connectivity index is 1.93. The Morgan fingerprint density at radius 1 is 1.33 bits per heavy atom. The Bertz CT molecular complexity index is 433. The molecule has 1 unspecified atom stereocenters. The van der Waals surface area contributed by atoms with E-state index in [2.05, 4.69) is 50.2 Å². The molecule has 0 aliphatic carbocycles. The maximum Gasteiger partial charge on any atom is 0.185 e. The molecule has 1 aliphatic rings. The van der Waals surface area contributed by atoms with Crippen LogP contribution < -0.4 is 10.2 Å². The lowest BCUT2D eigenvalue weighted by Crippen LogP contribution is -2.26. The van der Waals surface area contributed by atoms with E-state index in [1.807, 2.05) is 0 Å². The molecule has 0 radical (unpaired) electrons. The molecule has 0 amide bonds. The summed E-state index contributed by atoms with van der Waals surface area (Å²) in [6, 6.07) is 0.515. The van der Waals surface area contributed by atoms with Gasteiger partial charge in [-0.15, -0.1) is 11.3 Å². The van der Waals surface area contributed by atoms with Gasteiger partial charge >= 0.3 is 0 Å². The molecule has 3 nitrogen and oxygen atoms in total. The zero-order valence-corrected chi connectivity index (χ0v) is 15.1. The van der Waals surface area contributed by atoms with Crippen LogP contribution >= 0.6 is 11.3 Å². The fourth-order valence-corrected chi connectivity index (χ4v) is 3.86. The smallest absolute Gasteiger partial charge is 0.185 e. The second-order valence-corrected chi connectivity index (χ2v) is 8.47. The molecule has 1 aliphatic heterocycles. The molecule has 1 aromatic rings. The van der Waals surface area contributed by atoms with Crippen LogP contribution in [0.4, 0.5) is 5.13 Å². The highest BCUT2D eigenvalue weighted by atomic mass is 32.1. The number of aromatic nitrogens is 1. The van der Waals surface area contributed by atoms with Gasteiger partial charge < -0.3 is 10.2 Å². The van der Waals surface area contributed by atoms with E-state index in [-0.39, 0.29) is 0 Å². The molecule has 0 aromatic carbocycles. The van der Waals surface area contributed by atoms with Crippen molar-refractivity contribution < 1.29 is 0 Å². The van der Waals surface area contributed by atoms with E-state index in [4.69, 9.17) is 4.98 Å². The highest BCUT2D eigenvalue weighted by Crippen LogP contribution is 2.35. The molecule has 1 fully saturated rings. The van der Waals surface area contributed by atoms with Gasteiger partial charge in [0.15, 0.2) is 5.13 Å². The van der Waals surface area contributed by atoms with Crippen LogP contribution in [-0.2, 0) is 6.54 Å². The number of anilines is 1. The molecular formula is C17H31N3S. The third-order valence-electron chi connectivity index (χ3n) is 4.45. The molecule has 4 heteroatoms. The minimum atomic E-state index is 0.436. The van der Waals surface area contributed by atoms with Gasteiger partial charge in [0.05, 0.1) is 5.69 Å². The van der Waals surface area contributed by atoms with Crippen LogP contribution in [0.3, 0.4) is 0 Å². The molecule has 2 rings (SSSR count). The van der Waals surface area contributed by atoms with E-state index in [0.29, 0.717) is 11.5 Å². The van der Waals surface area contributed by atoms with Gasteiger partial charge in [-0.05, 0) is 30.6 Å². The SMILES string of the molecule is CC(C)NCc1csc(N2CCCC(C(C)(C)C)CC2)n1. The Hall–Kier alpha value is -0.610. The van der Waals surface area contributed by atoms with Crippen molar-refractivity contribution in [3.63, 3.8) is 0 Å². The van der Waals surface area contributed by atoms with E-state index >= 15 is 0 Å². The molecule has 21 heavy (non-hydrogen) atoms. The minimum Gasteiger partial charge on any atom is -0.348 e. The lowest BCUT2D eigenvalue weighted by atomic mass is 9.77. The Labute approximate surface area is 134 Å². The first kappa shape index (κ1) is 16.8. The Kier molecular flexibility index (Phi) is 5.67. The molecule has 0 bridgehead atoms. The van der Waals surface area contributed by atoms with Crippen molar-refractivity contribution in [2.45, 2.75) is 66.5 Å². The van der Waals surface area contributed by atoms with Crippen molar-refractivity contribution in [2.75, 3.05) is 18.0 Å². The molecule has 0 spiro atoms. The van der Waals surface area contributed by atoms with Crippen molar-refractivity contribution >= 4 is 16.5 Å².